The van der Waals surface area contributed by atoms with Crippen molar-refractivity contribution in [2.75, 3.05) is 28.7 Å². The summed E-state index contributed by atoms with van der Waals surface area (Å²) in [6.07, 6.45) is 1.37. The van der Waals surface area contributed by atoms with E-state index in [1.165, 1.54) is 30.2 Å². The van der Waals surface area contributed by atoms with Gasteiger partial charge < -0.3 is 4.74 Å². The number of hydrogen-bond donors (Lipinski definition) is 1. The van der Waals surface area contributed by atoms with Crippen LogP contribution in [0.4, 0.5) is 10.8 Å². The highest BCUT2D eigenvalue weighted by Gasteiger charge is 2.32. The molecule has 0 spiro atoms. The van der Waals surface area contributed by atoms with E-state index in [1.807, 2.05) is 6.92 Å². The van der Waals surface area contributed by atoms with Crippen LogP contribution in [0.2, 0.25) is 0 Å². The van der Waals surface area contributed by atoms with Crippen molar-refractivity contribution < 1.29 is 17.9 Å². The number of sulfonamides is 1. The molecule has 1 amide bonds. The Hall–Kier alpha value is -1.85. The second-order valence-corrected chi connectivity index (χ2v) is 9.82. The molecule has 0 radical (unpaired) electrons. The lowest BCUT2D eigenvalue weighted by molar-refractivity contribution is -0.117. The third kappa shape index (κ3) is 5.56. The zero-order valence-corrected chi connectivity index (χ0v) is 17.9. The number of aromatic nitrogens is 2. The van der Waals surface area contributed by atoms with Gasteiger partial charge in [0.05, 0.1) is 19.1 Å². The molecule has 0 bridgehead atoms. The molecule has 2 rings (SSSR count). The van der Waals surface area contributed by atoms with E-state index in [-0.39, 0.29) is 0 Å². The van der Waals surface area contributed by atoms with E-state index in [0.717, 1.165) is 20.7 Å². The molecule has 11 heteroatoms. The third-order valence-corrected chi connectivity index (χ3v) is 6.60. The van der Waals surface area contributed by atoms with E-state index < -0.39 is 22.0 Å². The van der Waals surface area contributed by atoms with Crippen LogP contribution in [0.1, 0.15) is 20.3 Å². The summed E-state index contributed by atoms with van der Waals surface area (Å²) in [6.45, 7) is 3.75. The zero-order valence-electron chi connectivity index (χ0n) is 15.5. The number of amides is 1. The van der Waals surface area contributed by atoms with Crippen LogP contribution in [0.3, 0.4) is 0 Å². The number of benzene rings is 1. The molecule has 0 aliphatic carbocycles. The Bertz CT molecular complexity index is 868. The second kappa shape index (κ2) is 9.38. The molecular formula is C16H22N4O4S3. The van der Waals surface area contributed by atoms with Crippen molar-refractivity contribution in [1.29, 1.82) is 0 Å². The number of ether oxygens (including phenoxy) is 1. The summed E-state index contributed by atoms with van der Waals surface area (Å²) in [5, 5.41) is 10.9. The normalized spacial score (nSPS) is 12.4. The molecule has 148 valence electrons. The van der Waals surface area contributed by atoms with Crippen LogP contribution < -0.4 is 14.4 Å². The minimum atomic E-state index is -3.69. The Balaban J connectivity index is 2.28. The SMILES string of the molecule is CCSc1nnc(NC(=O)[C@@H](CC)N(c2ccc(OC)cc2)S(C)(=O)=O)s1. The molecule has 0 saturated heterocycles. The molecule has 0 saturated carbocycles. The first-order valence-corrected chi connectivity index (χ1v) is 11.9. The number of nitrogens with one attached hydrogen (secondary N) is 1. The van der Waals surface area contributed by atoms with Crippen LogP contribution in [0.25, 0.3) is 0 Å². The van der Waals surface area contributed by atoms with Crippen molar-refractivity contribution in [1.82, 2.24) is 10.2 Å². The van der Waals surface area contributed by atoms with Gasteiger partial charge in [0, 0.05) is 0 Å². The quantitative estimate of drug-likeness (QED) is 0.482. The van der Waals surface area contributed by atoms with Crippen LogP contribution in [-0.4, -0.2) is 49.7 Å². The second-order valence-electron chi connectivity index (χ2n) is 5.48. The third-order valence-electron chi connectivity index (χ3n) is 3.56. The number of hydrogen-bond acceptors (Lipinski definition) is 8. The monoisotopic (exact) mass is 430 g/mol. The average molecular weight is 431 g/mol. The van der Waals surface area contributed by atoms with Gasteiger partial charge in [0.15, 0.2) is 4.34 Å². The van der Waals surface area contributed by atoms with E-state index >= 15 is 0 Å². The minimum absolute atomic E-state index is 0.292. The Morgan fingerprint density at radius 3 is 2.48 bits per heavy atom. The summed E-state index contributed by atoms with van der Waals surface area (Å²) in [4.78, 5) is 12.8. The standard InChI is InChI=1S/C16H22N4O4S3/c1-5-13(14(21)17-15-18-19-16(26-15)25-6-2)20(27(4,22)23)11-7-9-12(24-3)10-8-11/h7-10,13H,5-6H2,1-4H3,(H,17,18,21)/t13-/m1/s1. The molecule has 1 N–H and O–H groups in total. The molecule has 0 aliphatic heterocycles. The van der Waals surface area contributed by atoms with Gasteiger partial charge in [0.2, 0.25) is 21.1 Å². The Kier molecular flexibility index (Phi) is 7.45. The van der Waals surface area contributed by atoms with Gasteiger partial charge in [0.25, 0.3) is 0 Å². The fourth-order valence-electron chi connectivity index (χ4n) is 2.42. The van der Waals surface area contributed by atoms with Gasteiger partial charge in [-0.05, 0) is 36.4 Å². The molecule has 0 fully saturated rings. The number of carbonyl (C=O) groups is 1. The van der Waals surface area contributed by atoms with Crippen LogP contribution in [0.5, 0.6) is 5.75 Å². The Labute approximate surface area is 167 Å². The van der Waals surface area contributed by atoms with Gasteiger partial charge in [-0.2, -0.15) is 0 Å². The van der Waals surface area contributed by atoms with Gasteiger partial charge in [-0.15, -0.1) is 10.2 Å². The topological polar surface area (TPSA) is 101 Å². The molecule has 2 aromatic rings. The summed E-state index contributed by atoms with van der Waals surface area (Å²) in [7, 11) is -2.17. The van der Waals surface area contributed by atoms with Crippen molar-refractivity contribution >= 4 is 49.8 Å². The Morgan fingerprint density at radius 1 is 1.30 bits per heavy atom. The van der Waals surface area contributed by atoms with E-state index in [4.69, 9.17) is 4.74 Å². The molecular weight excluding hydrogens is 408 g/mol. The largest absolute Gasteiger partial charge is 0.497 e. The number of methoxy groups -OCH3 is 1. The van der Waals surface area contributed by atoms with Crippen molar-refractivity contribution in [3.05, 3.63) is 24.3 Å². The van der Waals surface area contributed by atoms with Crippen molar-refractivity contribution in [3.8, 4) is 5.75 Å². The summed E-state index contributed by atoms with van der Waals surface area (Å²) in [5.74, 6) is 0.988. The maximum Gasteiger partial charge on any atom is 0.250 e. The highest BCUT2D eigenvalue weighted by atomic mass is 32.2. The highest BCUT2D eigenvalue weighted by molar-refractivity contribution is 8.01. The lowest BCUT2D eigenvalue weighted by atomic mass is 10.2. The van der Waals surface area contributed by atoms with Crippen molar-refractivity contribution in [2.45, 2.75) is 30.6 Å². The summed E-state index contributed by atoms with van der Waals surface area (Å²) in [5.41, 5.74) is 0.389. The van der Waals surface area contributed by atoms with Gasteiger partial charge in [-0.25, -0.2) is 8.42 Å². The lowest BCUT2D eigenvalue weighted by Gasteiger charge is -2.29. The van der Waals surface area contributed by atoms with Gasteiger partial charge >= 0.3 is 0 Å². The molecule has 8 nitrogen and oxygen atoms in total. The molecule has 1 atom stereocenters. The molecule has 1 heterocycles. The first-order chi connectivity index (χ1) is 12.8. The molecule has 1 aromatic heterocycles. The molecule has 0 aliphatic rings. The number of carbonyl (C=O) groups excluding carboxylic acids is 1. The summed E-state index contributed by atoms with van der Waals surface area (Å²) >= 11 is 2.78. The number of rotatable bonds is 9. The summed E-state index contributed by atoms with van der Waals surface area (Å²) in [6, 6.07) is 5.60. The van der Waals surface area contributed by atoms with E-state index in [9.17, 15) is 13.2 Å². The molecule has 1 aromatic carbocycles. The first kappa shape index (κ1) is 21.5. The average Bonchev–Trinajstić information content (AvgIpc) is 3.06. The van der Waals surface area contributed by atoms with E-state index in [1.54, 1.807) is 31.2 Å². The predicted octanol–water partition coefficient (Wildman–Crippen LogP) is 2.84. The van der Waals surface area contributed by atoms with E-state index in [0.29, 0.717) is 23.0 Å². The predicted molar refractivity (Wildman–Crippen MR) is 109 cm³/mol. The number of thioether (sulfide) groups is 1. The van der Waals surface area contributed by atoms with Crippen LogP contribution in [-0.2, 0) is 14.8 Å². The fraction of sp³-hybridized carbons (Fsp3) is 0.438. The van der Waals surface area contributed by atoms with Gasteiger partial charge in [0.1, 0.15) is 11.8 Å². The van der Waals surface area contributed by atoms with Crippen LogP contribution >= 0.6 is 23.1 Å². The lowest BCUT2D eigenvalue weighted by Crippen LogP contribution is -2.46. The number of nitrogens with zero attached hydrogens (tertiary/aromatic N) is 3. The van der Waals surface area contributed by atoms with Crippen molar-refractivity contribution in [3.63, 3.8) is 0 Å². The van der Waals surface area contributed by atoms with Gasteiger partial charge in [-0.3, -0.25) is 14.4 Å². The van der Waals surface area contributed by atoms with Crippen LogP contribution in [0.15, 0.2) is 28.6 Å². The zero-order chi connectivity index (χ0) is 20.0. The molecule has 0 unspecified atom stereocenters. The number of anilines is 2. The maximum absolute atomic E-state index is 12.8. The Morgan fingerprint density at radius 2 is 1.96 bits per heavy atom. The fourth-order valence-corrected chi connectivity index (χ4v) is 5.28. The van der Waals surface area contributed by atoms with Crippen LogP contribution in [0, 0.1) is 0 Å². The summed E-state index contributed by atoms with van der Waals surface area (Å²) < 4.78 is 31.8. The smallest absolute Gasteiger partial charge is 0.250 e. The minimum Gasteiger partial charge on any atom is -0.497 e. The first-order valence-electron chi connectivity index (χ1n) is 8.20. The van der Waals surface area contributed by atoms with Gasteiger partial charge in [-0.1, -0.05) is 36.9 Å². The molecule has 27 heavy (non-hydrogen) atoms. The highest BCUT2D eigenvalue weighted by Crippen LogP contribution is 2.28. The maximum atomic E-state index is 12.8. The van der Waals surface area contributed by atoms with E-state index in [2.05, 4.69) is 15.5 Å². The van der Waals surface area contributed by atoms with Crippen molar-refractivity contribution in [2.24, 2.45) is 0 Å².